The number of aliphatic hydroxyl groups excluding tert-OH is 2. The van der Waals surface area contributed by atoms with Gasteiger partial charge in [0.25, 0.3) is 0 Å². The highest BCUT2D eigenvalue weighted by Gasteiger charge is 2.30. The van der Waals surface area contributed by atoms with E-state index in [0.717, 1.165) is 212 Å². The second-order valence-electron chi connectivity index (χ2n) is 32.4. The monoisotopic (exact) mass is 1780 g/mol. The number of unbranched alkanes of at least 4 members (excludes halogenated alkanes) is 35. The van der Waals surface area contributed by atoms with Gasteiger partial charge in [0, 0.05) is 19.3 Å². The number of aliphatic hydroxyl groups is 2. The summed E-state index contributed by atoms with van der Waals surface area (Å²) in [6, 6.07) is 0. The van der Waals surface area contributed by atoms with Gasteiger partial charge in [-0.2, -0.15) is 0 Å². The Bertz CT molecular complexity index is 3100. The average molecular weight is 1780 g/mol. The highest BCUT2D eigenvalue weighted by molar-refractivity contribution is 7.47. The lowest BCUT2D eigenvalue weighted by Crippen LogP contribution is -2.30. The molecule has 0 aliphatic rings. The summed E-state index contributed by atoms with van der Waals surface area (Å²) in [5.74, 6) is -1.59. The number of phosphoric acid groups is 2. The lowest BCUT2D eigenvalue weighted by Gasteiger charge is -2.21. The molecule has 0 aromatic rings. The summed E-state index contributed by atoms with van der Waals surface area (Å²) in [6.07, 6.45) is 132. The highest BCUT2D eigenvalue weighted by atomic mass is 31.2. The SMILES string of the molecule is CC/C=C\C/C=C\C/C=C\C/C=C\C/C=C\C/C=C\CCCCCCCCCCCCC(=O)OCC(COP(=O)(O)OCC(O)COP(=O)(O)OCC(O)COC(=O)CCCCCCCCCCCCCCCCCCC/C=C\C/C=C\C/C=C\C/C=C\C/C=C\CC)OC(=O)CCCCCCCCCC/C=C\C/C=C\C/C=C\C/C=C\C/C=C\C/C=C\CC. The minimum atomic E-state index is -4.96. The normalized spacial score (nSPS) is 14.6. The van der Waals surface area contributed by atoms with E-state index >= 15 is 0 Å². The molecule has 0 aromatic carbocycles. The van der Waals surface area contributed by atoms with E-state index in [1.807, 2.05) is 0 Å². The summed E-state index contributed by atoms with van der Waals surface area (Å²) in [5, 5.41) is 20.8. The predicted octanol–water partition coefficient (Wildman–Crippen LogP) is 31.1. The summed E-state index contributed by atoms with van der Waals surface area (Å²) in [4.78, 5) is 59.2. The van der Waals surface area contributed by atoms with Crippen LogP contribution in [0.2, 0.25) is 0 Å². The lowest BCUT2D eigenvalue weighted by molar-refractivity contribution is -0.161. The summed E-state index contributed by atoms with van der Waals surface area (Å²) in [6.45, 7) is 2.37. The fourth-order valence-corrected chi connectivity index (χ4v) is 14.7. The Hall–Kier alpha value is -5.87. The molecule has 5 unspecified atom stereocenters. The van der Waals surface area contributed by atoms with Crippen molar-refractivity contribution in [3.8, 4) is 0 Å². The third-order valence-corrected chi connectivity index (χ3v) is 22.4. The average Bonchev–Trinajstić information content (AvgIpc) is 0.898. The van der Waals surface area contributed by atoms with Gasteiger partial charge in [-0.1, -0.05) is 414 Å². The minimum Gasteiger partial charge on any atom is -0.463 e. The molecule has 18 heteroatoms. The Labute approximate surface area is 762 Å². The van der Waals surface area contributed by atoms with E-state index in [-0.39, 0.29) is 19.3 Å². The van der Waals surface area contributed by atoms with Crippen molar-refractivity contribution < 1.29 is 75.8 Å². The van der Waals surface area contributed by atoms with E-state index in [4.69, 9.17) is 32.3 Å². The Kier molecular flexibility index (Phi) is 92.6. The van der Waals surface area contributed by atoms with E-state index in [1.165, 1.54) is 122 Å². The number of esters is 3. The standard InChI is InChI=1S/C107H178O16P2/c1-4-7-10-13-16-19-22-25-28-31-34-37-40-43-46-48-49-50-51-53-56-57-60-63-66-69-72-75-78-81-84-87-90-93-105(110)117-96-102(108)97-119-124(113,114)120-98-103(109)99-121-125(115,116)122-101-104(123-107(112)95-92-89-86-83-80-77-74-71-68-65-62-59-54-45-42-39-36-33-30-27-24-21-18-15-12-9-6-3)100-118-106(111)94-91-88-85-82-79-76-73-70-67-64-61-58-55-52-47-44-41-38-35-32-29-26-23-20-17-14-11-8-5-2/h7-12,16-21,25-30,34-39,43-47,54-55,58,62,65,102-104,108-109H,4-6,13-15,22-24,31-33,40-42,48-53,56-57,59-61,63-64,66-101H2,1-3H3,(H,113,114)(H,115,116)/b10-7-,11-8-,12-9-,19-16-,20-17-,21-18-,28-25-,29-26-,30-27-,37-34-,38-35-,39-36-,46-43-,47-44-,54-45-,58-55-,65-62-. The molecule has 0 bridgehead atoms. The van der Waals surface area contributed by atoms with Crippen LogP contribution in [0.15, 0.2) is 207 Å². The molecule has 0 saturated heterocycles. The summed E-state index contributed by atoms with van der Waals surface area (Å²) in [5.41, 5.74) is 0. The molecule has 0 spiro atoms. The van der Waals surface area contributed by atoms with E-state index < -0.39 is 91.5 Å². The van der Waals surface area contributed by atoms with Crippen molar-refractivity contribution in [1.29, 1.82) is 0 Å². The number of carbonyl (C=O) groups excluding carboxylic acids is 3. The fraction of sp³-hybridized carbons (Fsp3) is 0.654. The smallest absolute Gasteiger partial charge is 0.463 e. The van der Waals surface area contributed by atoms with Crippen LogP contribution in [0.3, 0.4) is 0 Å². The molecule has 0 aromatic heterocycles. The Balaban J connectivity index is 4.64. The van der Waals surface area contributed by atoms with Crippen LogP contribution in [0.25, 0.3) is 0 Å². The molecule has 0 rings (SSSR count). The predicted molar refractivity (Wildman–Crippen MR) is 527 cm³/mol. The second-order valence-corrected chi connectivity index (χ2v) is 35.3. The van der Waals surface area contributed by atoms with Crippen molar-refractivity contribution in [3.63, 3.8) is 0 Å². The van der Waals surface area contributed by atoms with Gasteiger partial charge in [-0.3, -0.25) is 32.5 Å². The van der Waals surface area contributed by atoms with Crippen molar-refractivity contribution in [1.82, 2.24) is 0 Å². The maximum atomic E-state index is 13.1. The molecule has 16 nitrogen and oxygen atoms in total. The number of allylic oxidation sites excluding steroid dienone is 34. The van der Waals surface area contributed by atoms with Crippen molar-refractivity contribution in [2.45, 2.75) is 411 Å². The number of carbonyl (C=O) groups is 3. The molecule has 5 atom stereocenters. The molecular formula is C107H178O16P2. The zero-order valence-corrected chi connectivity index (χ0v) is 80.5. The largest absolute Gasteiger partial charge is 0.472 e. The quantitative estimate of drug-likeness (QED) is 0.0146. The van der Waals surface area contributed by atoms with Crippen molar-refractivity contribution in [2.75, 3.05) is 39.6 Å². The van der Waals surface area contributed by atoms with Gasteiger partial charge in [0.05, 0.1) is 26.4 Å². The second kappa shape index (κ2) is 97.2. The van der Waals surface area contributed by atoms with E-state index in [2.05, 4.69) is 227 Å². The van der Waals surface area contributed by atoms with Gasteiger partial charge in [-0.25, -0.2) is 9.13 Å². The topological polar surface area (TPSA) is 231 Å². The number of phosphoric ester groups is 2. The number of ether oxygens (including phenoxy) is 3. The van der Waals surface area contributed by atoms with Crippen LogP contribution in [0.4, 0.5) is 0 Å². The summed E-state index contributed by atoms with van der Waals surface area (Å²) in [7, 11) is -9.83. The van der Waals surface area contributed by atoms with Crippen molar-refractivity contribution in [3.05, 3.63) is 207 Å². The first-order chi connectivity index (χ1) is 61.2. The zero-order valence-electron chi connectivity index (χ0n) is 78.7. The van der Waals surface area contributed by atoms with Gasteiger partial charge < -0.3 is 34.2 Å². The Morgan fingerprint density at radius 3 is 0.632 bits per heavy atom. The van der Waals surface area contributed by atoms with Crippen LogP contribution < -0.4 is 0 Å². The Morgan fingerprint density at radius 2 is 0.400 bits per heavy atom. The molecule has 125 heavy (non-hydrogen) atoms. The Morgan fingerprint density at radius 1 is 0.224 bits per heavy atom. The molecule has 0 radical (unpaired) electrons. The molecular weight excluding hydrogens is 1600 g/mol. The third-order valence-electron chi connectivity index (χ3n) is 20.5. The van der Waals surface area contributed by atoms with Gasteiger partial charge in [-0.05, 0) is 167 Å². The maximum absolute atomic E-state index is 13.1. The van der Waals surface area contributed by atoms with E-state index in [1.54, 1.807) is 0 Å². The molecule has 0 fully saturated rings. The summed E-state index contributed by atoms with van der Waals surface area (Å²) >= 11 is 0. The number of hydrogen-bond donors (Lipinski definition) is 4. The van der Waals surface area contributed by atoms with Gasteiger partial charge >= 0.3 is 33.6 Å². The number of rotatable bonds is 92. The molecule has 0 amide bonds. The van der Waals surface area contributed by atoms with Crippen molar-refractivity contribution >= 4 is 33.6 Å². The van der Waals surface area contributed by atoms with Crippen LogP contribution in [0.1, 0.15) is 393 Å². The van der Waals surface area contributed by atoms with Gasteiger partial charge in [0.15, 0.2) is 6.10 Å². The van der Waals surface area contributed by atoms with Crippen LogP contribution in [-0.2, 0) is 55.8 Å². The molecule has 0 saturated carbocycles. The first-order valence-corrected chi connectivity index (χ1v) is 52.4. The molecule has 0 aliphatic carbocycles. The third kappa shape index (κ3) is 98.6. The molecule has 0 heterocycles. The summed E-state index contributed by atoms with van der Waals surface area (Å²) < 4.78 is 61.6. The molecule has 712 valence electrons. The van der Waals surface area contributed by atoms with Crippen LogP contribution in [0, 0.1) is 0 Å². The highest BCUT2D eigenvalue weighted by Crippen LogP contribution is 2.45. The van der Waals surface area contributed by atoms with Crippen LogP contribution in [0.5, 0.6) is 0 Å². The minimum absolute atomic E-state index is 0.0864. The van der Waals surface area contributed by atoms with Crippen LogP contribution in [-0.4, -0.2) is 95.9 Å². The van der Waals surface area contributed by atoms with Crippen LogP contribution >= 0.6 is 15.6 Å². The van der Waals surface area contributed by atoms with Gasteiger partial charge in [0.2, 0.25) is 0 Å². The van der Waals surface area contributed by atoms with E-state index in [0.29, 0.717) is 19.3 Å². The fourth-order valence-electron chi connectivity index (χ4n) is 13.1. The van der Waals surface area contributed by atoms with Gasteiger partial charge in [0.1, 0.15) is 25.4 Å². The van der Waals surface area contributed by atoms with Gasteiger partial charge in [-0.15, -0.1) is 0 Å². The lowest BCUT2D eigenvalue weighted by atomic mass is 10.0. The number of hydrogen-bond acceptors (Lipinski definition) is 14. The van der Waals surface area contributed by atoms with E-state index in [9.17, 15) is 43.5 Å². The first-order valence-electron chi connectivity index (χ1n) is 49.4. The zero-order chi connectivity index (χ0) is 90.7. The maximum Gasteiger partial charge on any atom is 0.472 e. The molecule has 4 N–H and O–H groups in total. The van der Waals surface area contributed by atoms with Crippen molar-refractivity contribution in [2.24, 2.45) is 0 Å². The first kappa shape index (κ1) is 119. The molecule has 0 aliphatic heterocycles.